The van der Waals surface area contributed by atoms with Gasteiger partial charge in [-0.25, -0.2) is 0 Å². The fourth-order valence-electron chi connectivity index (χ4n) is 1.63. The Morgan fingerprint density at radius 1 is 0.905 bits per heavy atom. The van der Waals surface area contributed by atoms with E-state index < -0.39 is 11.7 Å². The van der Waals surface area contributed by atoms with Crippen molar-refractivity contribution >= 4 is 17.8 Å². The molecule has 0 nitrogen and oxygen atoms in total. The lowest BCUT2D eigenvalue weighted by Crippen LogP contribution is -2.11. The van der Waals surface area contributed by atoms with Crippen LogP contribution in [-0.4, -0.2) is 6.18 Å². The second-order valence-electron chi connectivity index (χ2n) is 4.31. The minimum atomic E-state index is -4.44. The lowest BCUT2D eigenvalue weighted by atomic mass is 10.1. The smallest absolute Gasteiger partial charge is 0.166 e. The summed E-state index contributed by atoms with van der Waals surface area (Å²) in [7, 11) is 0. The molecule has 0 heterocycles. The van der Waals surface area contributed by atoms with E-state index in [1.165, 1.54) is 6.08 Å². The molecule has 2 rings (SSSR count). The number of halogens is 3. The molecular formula is C17H13F3S. The van der Waals surface area contributed by atoms with Crippen LogP contribution in [0.25, 0.3) is 6.08 Å². The second-order valence-corrected chi connectivity index (χ2v) is 5.43. The SMILES string of the molecule is C=C(/C(=C/c1ccccc1)Sc1ccccc1)C(F)(F)F. The number of rotatable bonds is 4. The Hall–Kier alpha value is -1.94. The summed E-state index contributed by atoms with van der Waals surface area (Å²) in [4.78, 5) is 0.838. The molecule has 0 aliphatic heterocycles. The minimum Gasteiger partial charge on any atom is -0.166 e. The maximum absolute atomic E-state index is 13.0. The van der Waals surface area contributed by atoms with Gasteiger partial charge < -0.3 is 0 Å². The van der Waals surface area contributed by atoms with Gasteiger partial charge in [-0.3, -0.25) is 0 Å². The Kier molecular flexibility index (Phi) is 4.91. The summed E-state index contributed by atoms with van der Waals surface area (Å²) in [5, 5.41) is 0. The van der Waals surface area contributed by atoms with Crippen LogP contribution in [0.4, 0.5) is 13.2 Å². The van der Waals surface area contributed by atoms with Gasteiger partial charge in [-0.1, -0.05) is 66.9 Å². The lowest BCUT2D eigenvalue weighted by molar-refractivity contribution is -0.0880. The zero-order valence-corrected chi connectivity index (χ0v) is 11.9. The van der Waals surface area contributed by atoms with Crippen LogP contribution in [0.1, 0.15) is 5.56 Å². The Labute approximate surface area is 126 Å². The van der Waals surface area contributed by atoms with E-state index in [9.17, 15) is 13.2 Å². The monoisotopic (exact) mass is 306 g/mol. The van der Waals surface area contributed by atoms with Crippen molar-refractivity contribution in [2.75, 3.05) is 0 Å². The van der Waals surface area contributed by atoms with Gasteiger partial charge in [0.05, 0.1) is 5.57 Å². The Morgan fingerprint density at radius 2 is 1.43 bits per heavy atom. The van der Waals surface area contributed by atoms with Crippen molar-refractivity contribution in [2.24, 2.45) is 0 Å². The summed E-state index contributed by atoms with van der Waals surface area (Å²) in [6.45, 7) is 3.20. The standard InChI is InChI=1S/C17H13F3S/c1-13(17(18,19)20)16(12-14-8-4-2-5-9-14)21-15-10-6-3-7-11-15/h2-12H,1H2/b16-12-. The average Bonchev–Trinajstić information content (AvgIpc) is 2.47. The van der Waals surface area contributed by atoms with E-state index >= 15 is 0 Å². The molecule has 2 aromatic rings. The van der Waals surface area contributed by atoms with E-state index in [2.05, 4.69) is 6.58 Å². The highest BCUT2D eigenvalue weighted by Crippen LogP contribution is 2.40. The molecule has 0 bridgehead atoms. The van der Waals surface area contributed by atoms with Crippen LogP contribution in [-0.2, 0) is 0 Å². The molecule has 0 aromatic heterocycles. The molecule has 0 radical (unpaired) electrons. The third-order valence-corrected chi connectivity index (χ3v) is 3.80. The molecule has 0 unspecified atom stereocenters. The number of benzene rings is 2. The second kappa shape index (κ2) is 6.68. The number of alkyl halides is 3. The van der Waals surface area contributed by atoms with Gasteiger partial charge >= 0.3 is 6.18 Å². The van der Waals surface area contributed by atoms with Gasteiger partial charge in [0.1, 0.15) is 0 Å². The molecule has 108 valence electrons. The molecule has 21 heavy (non-hydrogen) atoms. The van der Waals surface area contributed by atoms with Crippen molar-refractivity contribution in [3.63, 3.8) is 0 Å². The van der Waals surface area contributed by atoms with E-state index in [0.29, 0.717) is 5.56 Å². The third-order valence-electron chi connectivity index (χ3n) is 2.71. The summed E-state index contributed by atoms with van der Waals surface area (Å²) in [6, 6.07) is 17.9. The van der Waals surface area contributed by atoms with Crippen LogP contribution in [0.2, 0.25) is 0 Å². The molecule has 0 atom stereocenters. The molecule has 0 saturated carbocycles. The van der Waals surface area contributed by atoms with Gasteiger partial charge in [0.2, 0.25) is 0 Å². The first-order valence-electron chi connectivity index (χ1n) is 6.23. The number of hydrogen-bond donors (Lipinski definition) is 0. The van der Waals surface area contributed by atoms with E-state index in [-0.39, 0.29) is 4.91 Å². The Balaban J connectivity index is 2.35. The zero-order valence-electron chi connectivity index (χ0n) is 11.1. The molecule has 2 aromatic carbocycles. The van der Waals surface area contributed by atoms with Gasteiger partial charge in [0.15, 0.2) is 0 Å². The van der Waals surface area contributed by atoms with E-state index in [0.717, 1.165) is 16.7 Å². The molecule has 0 aliphatic rings. The molecule has 0 fully saturated rings. The topological polar surface area (TPSA) is 0 Å². The fraction of sp³-hybridized carbons (Fsp3) is 0.0588. The number of allylic oxidation sites excluding steroid dienone is 1. The van der Waals surface area contributed by atoms with E-state index in [1.807, 2.05) is 12.1 Å². The first-order chi connectivity index (χ1) is 9.97. The lowest BCUT2D eigenvalue weighted by Gasteiger charge is -2.14. The summed E-state index contributed by atoms with van der Waals surface area (Å²) in [5.74, 6) is 0. The summed E-state index contributed by atoms with van der Waals surface area (Å²) in [6.07, 6.45) is -2.93. The normalized spacial score (nSPS) is 12.2. The average molecular weight is 306 g/mol. The van der Waals surface area contributed by atoms with Crippen LogP contribution in [0.15, 0.2) is 82.6 Å². The van der Waals surface area contributed by atoms with Crippen LogP contribution in [0.3, 0.4) is 0 Å². The molecule has 0 aliphatic carbocycles. The van der Waals surface area contributed by atoms with E-state index in [4.69, 9.17) is 0 Å². The fourth-order valence-corrected chi connectivity index (χ4v) is 2.62. The quantitative estimate of drug-likeness (QED) is 0.497. The third kappa shape index (κ3) is 4.53. The van der Waals surface area contributed by atoms with Gasteiger partial charge in [-0.2, -0.15) is 13.2 Å². The van der Waals surface area contributed by atoms with Gasteiger partial charge in [0, 0.05) is 9.80 Å². The molecule has 0 saturated heterocycles. The number of hydrogen-bond acceptors (Lipinski definition) is 1. The minimum absolute atomic E-state index is 0.0971. The summed E-state index contributed by atoms with van der Waals surface area (Å²) in [5.41, 5.74) is -0.124. The largest absolute Gasteiger partial charge is 0.416 e. The van der Waals surface area contributed by atoms with Crippen LogP contribution < -0.4 is 0 Å². The maximum atomic E-state index is 13.0. The number of thioether (sulfide) groups is 1. The van der Waals surface area contributed by atoms with Gasteiger partial charge in [-0.15, -0.1) is 0 Å². The predicted molar refractivity (Wildman–Crippen MR) is 81.9 cm³/mol. The van der Waals surface area contributed by atoms with Crippen LogP contribution >= 0.6 is 11.8 Å². The van der Waals surface area contributed by atoms with Crippen LogP contribution in [0, 0.1) is 0 Å². The first kappa shape index (κ1) is 15.4. The molecule has 4 heteroatoms. The van der Waals surface area contributed by atoms with E-state index in [1.54, 1.807) is 48.5 Å². The first-order valence-corrected chi connectivity index (χ1v) is 7.04. The van der Waals surface area contributed by atoms with Crippen molar-refractivity contribution < 1.29 is 13.2 Å². The Bertz CT molecular complexity index is 628. The van der Waals surface area contributed by atoms with Gasteiger partial charge in [0.25, 0.3) is 0 Å². The molecule has 0 spiro atoms. The highest BCUT2D eigenvalue weighted by molar-refractivity contribution is 8.03. The predicted octanol–water partition coefficient (Wildman–Crippen LogP) is 5.94. The molecule has 0 amide bonds. The van der Waals surface area contributed by atoms with Crippen molar-refractivity contribution in [3.05, 3.63) is 83.3 Å². The highest BCUT2D eigenvalue weighted by Gasteiger charge is 2.34. The van der Waals surface area contributed by atoms with Gasteiger partial charge in [-0.05, 0) is 23.8 Å². The molecular weight excluding hydrogens is 293 g/mol. The van der Waals surface area contributed by atoms with Crippen molar-refractivity contribution in [1.82, 2.24) is 0 Å². The molecule has 0 N–H and O–H groups in total. The Morgan fingerprint density at radius 3 is 1.95 bits per heavy atom. The zero-order chi connectivity index (χ0) is 15.3. The van der Waals surface area contributed by atoms with Crippen molar-refractivity contribution in [2.45, 2.75) is 11.1 Å². The summed E-state index contributed by atoms with van der Waals surface area (Å²) < 4.78 is 38.9. The van der Waals surface area contributed by atoms with Crippen LogP contribution in [0.5, 0.6) is 0 Å². The highest BCUT2D eigenvalue weighted by atomic mass is 32.2. The van der Waals surface area contributed by atoms with Crippen molar-refractivity contribution in [3.8, 4) is 0 Å². The van der Waals surface area contributed by atoms with Crippen molar-refractivity contribution in [1.29, 1.82) is 0 Å². The maximum Gasteiger partial charge on any atom is 0.416 e. The summed E-state index contributed by atoms with van der Waals surface area (Å²) >= 11 is 1.06.